The van der Waals surface area contributed by atoms with E-state index in [1.54, 1.807) is 0 Å². The van der Waals surface area contributed by atoms with Crippen LogP contribution in [0.25, 0.3) is 0 Å². The Labute approximate surface area is 112 Å². The number of nitrogens with zero attached hydrogens (tertiary/aromatic N) is 1. The van der Waals surface area contributed by atoms with E-state index in [2.05, 4.69) is 39.0 Å². The number of hydrogen-bond donors (Lipinski definition) is 1. The highest BCUT2D eigenvalue weighted by atomic mass is 32.2. The highest BCUT2D eigenvalue weighted by Gasteiger charge is 2.28. The van der Waals surface area contributed by atoms with E-state index in [4.69, 9.17) is 5.11 Å². The second-order valence-electron chi connectivity index (χ2n) is 5.03. The lowest BCUT2D eigenvalue weighted by Crippen LogP contribution is -2.41. The zero-order chi connectivity index (χ0) is 13.3. The third kappa shape index (κ3) is 2.48. The summed E-state index contributed by atoms with van der Waals surface area (Å²) < 4.78 is 0. The first-order chi connectivity index (χ1) is 8.50. The molecule has 98 valence electrons. The van der Waals surface area contributed by atoms with E-state index >= 15 is 0 Å². The number of carboxylic acids is 1. The van der Waals surface area contributed by atoms with Crippen LogP contribution in [0.4, 0.5) is 5.69 Å². The molecule has 0 bridgehead atoms. The lowest BCUT2D eigenvalue weighted by atomic mass is 9.99. The summed E-state index contributed by atoms with van der Waals surface area (Å²) in [5.41, 5.74) is 2.37. The van der Waals surface area contributed by atoms with Gasteiger partial charge < -0.3 is 10.0 Å². The average Bonchev–Trinajstić information content (AvgIpc) is 2.31. The minimum atomic E-state index is -0.766. The molecule has 0 saturated carbocycles. The van der Waals surface area contributed by atoms with Crippen molar-refractivity contribution in [3.8, 4) is 0 Å². The minimum Gasteiger partial charge on any atom is -0.480 e. The van der Waals surface area contributed by atoms with Gasteiger partial charge >= 0.3 is 5.97 Å². The van der Waals surface area contributed by atoms with Crippen molar-refractivity contribution in [2.45, 2.75) is 37.6 Å². The molecule has 0 spiro atoms. The number of aliphatic carboxylic acids is 1. The van der Waals surface area contributed by atoms with Gasteiger partial charge in [0.25, 0.3) is 0 Å². The van der Waals surface area contributed by atoms with E-state index in [1.165, 1.54) is 10.5 Å². The van der Waals surface area contributed by atoms with E-state index in [1.807, 2.05) is 16.7 Å². The first-order valence-electron chi connectivity index (χ1n) is 6.25. The van der Waals surface area contributed by atoms with Gasteiger partial charge in [-0.3, -0.25) is 4.79 Å². The monoisotopic (exact) mass is 265 g/mol. The standard InChI is InChI=1S/C14H19NO2S/c1-9(2)11-5-4-6-12-14(11)15(7-13(16)17)10(3)8-18-12/h4-6,9-10H,7-8H2,1-3H3,(H,16,17). The number of fused-ring (bicyclic) bond motifs is 1. The molecule has 4 heteroatoms. The molecule has 0 amide bonds. The van der Waals surface area contributed by atoms with Gasteiger partial charge in [-0.2, -0.15) is 0 Å². The number of anilines is 1. The molecule has 1 aliphatic heterocycles. The predicted octanol–water partition coefficient (Wildman–Crippen LogP) is 3.20. The number of thioether (sulfide) groups is 1. The van der Waals surface area contributed by atoms with Gasteiger partial charge in [-0.05, 0) is 24.5 Å². The summed E-state index contributed by atoms with van der Waals surface area (Å²) in [6, 6.07) is 6.53. The SMILES string of the molecule is CC(C)c1cccc2c1N(CC(=O)O)C(C)CS2. The number of rotatable bonds is 3. The van der Waals surface area contributed by atoms with Crippen LogP contribution in [-0.2, 0) is 4.79 Å². The molecular weight excluding hydrogens is 246 g/mol. The maximum atomic E-state index is 11.1. The van der Waals surface area contributed by atoms with Crippen molar-refractivity contribution in [3.63, 3.8) is 0 Å². The summed E-state index contributed by atoms with van der Waals surface area (Å²) in [4.78, 5) is 14.3. The summed E-state index contributed by atoms with van der Waals surface area (Å²) in [5.74, 6) is 0.586. The van der Waals surface area contributed by atoms with Gasteiger partial charge in [-0.25, -0.2) is 0 Å². The maximum Gasteiger partial charge on any atom is 0.323 e. The van der Waals surface area contributed by atoms with E-state index in [-0.39, 0.29) is 12.6 Å². The topological polar surface area (TPSA) is 40.5 Å². The third-order valence-electron chi connectivity index (χ3n) is 3.26. The van der Waals surface area contributed by atoms with Gasteiger partial charge in [-0.15, -0.1) is 11.8 Å². The zero-order valence-corrected chi connectivity index (χ0v) is 11.8. The van der Waals surface area contributed by atoms with Crippen LogP contribution in [0.5, 0.6) is 0 Å². The number of carbonyl (C=O) groups is 1. The Balaban J connectivity index is 2.49. The van der Waals surface area contributed by atoms with Gasteiger partial charge in [-0.1, -0.05) is 26.0 Å². The fourth-order valence-electron chi connectivity index (χ4n) is 2.33. The number of para-hydroxylation sites is 1. The summed E-state index contributed by atoms with van der Waals surface area (Å²) in [5, 5.41) is 9.09. The van der Waals surface area contributed by atoms with Crippen molar-refractivity contribution < 1.29 is 9.90 Å². The Morgan fingerprint density at radius 1 is 1.56 bits per heavy atom. The molecule has 0 fully saturated rings. The van der Waals surface area contributed by atoms with E-state index in [0.29, 0.717) is 5.92 Å². The van der Waals surface area contributed by atoms with Gasteiger partial charge in [0.2, 0.25) is 0 Å². The smallest absolute Gasteiger partial charge is 0.323 e. The summed E-state index contributed by atoms with van der Waals surface area (Å²) >= 11 is 1.82. The molecule has 1 aromatic carbocycles. The second-order valence-corrected chi connectivity index (χ2v) is 6.09. The van der Waals surface area contributed by atoms with Crippen LogP contribution in [0.1, 0.15) is 32.3 Å². The van der Waals surface area contributed by atoms with Crippen LogP contribution in [0.3, 0.4) is 0 Å². The maximum absolute atomic E-state index is 11.1. The lowest BCUT2D eigenvalue weighted by Gasteiger charge is -2.37. The van der Waals surface area contributed by atoms with Crippen molar-refractivity contribution >= 4 is 23.4 Å². The lowest BCUT2D eigenvalue weighted by molar-refractivity contribution is -0.135. The van der Waals surface area contributed by atoms with Crippen LogP contribution < -0.4 is 4.90 Å². The highest BCUT2D eigenvalue weighted by Crippen LogP contribution is 2.42. The van der Waals surface area contributed by atoms with Crippen molar-refractivity contribution in [1.29, 1.82) is 0 Å². The Hall–Kier alpha value is -1.16. The van der Waals surface area contributed by atoms with Crippen LogP contribution in [-0.4, -0.2) is 29.4 Å². The molecule has 1 N–H and O–H groups in total. The highest BCUT2D eigenvalue weighted by molar-refractivity contribution is 7.99. The first-order valence-corrected chi connectivity index (χ1v) is 7.23. The molecule has 0 radical (unpaired) electrons. The Morgan fingerprint density at radius 3 is 2.89 bits per heavy atom. The summed E-state index contributed by atoms with van der Waals surface area (Å²) in [7, 11) is 0. The Kier molecular flexibility index (Phi) is 3.85. The minimum absolute atomic E-state index is 0.0818. The molecule has 3 nitrogen and oxygen atoms in total. The number of benzene rings is 1. The zero-order valence-electron chi connectivity index (χ0n) is 11.0. The molecule has 1 aromatic rings. The molecule has 1 aliphatic rings. The molecule has 1 unspecified atom stereocenters. The van der Waals surface area contributed by atoms with Crippen molar-refractivity contribution in [2.24, 2.45) is 0 Å². The molecular formula is C14H19NO2S. The molecule has 0 aliphatic carbocycles. The van der Waals surface area contributed by atoms with Crippen molar-refractivity contribution in [1.82, 2.24) is 0 Å². The van der Waals surface area contributed by atoms with Crippen LogP contribution in [0.2, 0.25) is 0 Å². The van der Waals surface area contributed by atoms with Gasteiger partial charge in [0.15, 0.2) is 0 Å². The quantitative estimate of drug-likeness (QED) is 0.911. The first kappa shape index (κ1) is 13.3. The molecule has 2 rings (SSSR count). The van der Waals surface area contributed by atoms with Crippen LogP contribution in [0.15, 0.2) is 23.1 Å². The second kappa shape index (κ2) is 5.22. The number of hydrogen-bond acceptors (Lipinski definition) is 3. The largest absolute Gasteiger partial charge is 0.480 e. The Bertz CT molecular complexity index is 459. The molecule has 0 aromatic heterocycles. The van der Waals surface area contributed by atoms with Gasteiger partial charge in [0.1, 0.15) is 6.54 Å². The fourth-order valence-corrected chi connectivity index (χ4v) is 3.48. The summed E-state index contributed by atoms with van der Waals surface area (Å²) in [6.45, 7) is 6.48. The molecule has 18 heavy (non-hydrogen) atoms. The normalized spacial score (nSPS) is 18.9. The van der Waals surface area contributed by atoms with E-state index in [0.717, 1.165) is 11.4 Å². The van der Waals surface area contributed by atoms with Gasteiger partial charge in [0, 0.05) is 16.7 Å². The summed E-state index contributed by atoms with van der Waals surface area (Å²) in [6.07, 6.45) is 0. The molecule has 1 atom stereocenters. The van der Waals surface area contributed by atoms with Crippen LogP contribution in [0, 0.1) is 0 Å². The van der Waals surface area contributed by atoms with Crippen molar-refractivity contribution in [3.05, 3.63) is 23.8 Å². The van der Waals surface area contributed by atoms with E-state index < -0.39 is 5.97 Å². The number of carboxylic acid groups (broad SMARTS) is 1. The van der Waals surface area contributed by atoms with Crippen molar-refractivity contribution in [2.75, 3.05) is 17.2 Å². The van der Waals surface area contributed by atoms with Crippen LogP contribution >= 0.6 is 11.8 Å². The van der Waals surface area contributed by atoms with E-state index in [9.17, 15) is 4.79 Å². The molecule has 1 heterocycles. The third-order valence-corrected chi connectivity index (χ3v) is 4.55. The fraction of sp³-hybridized carbons (Fsp3) is 0.500. The van der Waals surface area contributed by atoms with Gasteiger partial charge in [0.05, 0.1) is 5.69 Å². The predicted molar refractivity (Wildman–Crippen MR) is 75.7 cm³/mol. The molecule has 0 saturated heterocycles. The average molecular weight is 265 g/mol. The Morgan fingerprint density at radius 2 is 2.28 bits per heavy atom.